The molecule has 0 saturated heterocycles. The number of anilines is 2. The first-order chi connectivity index (χ1) is 13.5. The monoisotopic (exact) mass is 393 g/mol. The average molecular weight is 394 g/mol. The summed E-state index contributed by atoms with van der Waals surface area (Å²) < 4.78 is 0.885. The van der Waals surface area contributed by atoms with Gasteiger partial charge in [0.2, 0.25) is 5.91 Å². The summed E-state index contributed by atoms with van der Waals surface area (Å²) in [6.45, 7) is 3.96. The molecule has 5 nitrogen and oxygen atoms in total. The average Bonchev–Trinajstić information content (AvgIpc) is 3.33. The van der Waals surface area contributed by atoms with Crippen LogP contribution in [0.4, 0.5) is 10.8 Å². The molecule has 2 N–H and O–H groups in total. The van der Waals surface area contributed by atoms with E-state index in [0.717, 1.165) is 52.7 Å². The van der Waals surface area contributed by atoms with Gasteiger partial charge in [-0.1, -0.05) is 42.4 Å². The molecule has 0 unspecified atom stereocenters. The Morgan fingerprint density at radius 2 is 1.75 bits per heavy atom. The minimum Gasteiger partial charge on any atom is -0.322 e. The van der Waals surface area contributed by atoms with Crippen LogP contribution in [0, 0.1) is 19.8 Å². The summed E-state index contributed by atoms with van der Waals surface area (Å²) in [7, 11) is 0. The zero-order valence-electron chi connectivity index (χ0n) is 16.0. The highest BCUT2D eigenvalue weighted by atomic mass is 32.1. The molecule has 0 atom stereocenters. The number of hydrogen-bond donors (Lipinski definition) is 2. The van der Waals surface area contributed by atoms with E-state index in [0.29, 0.717) is 10.7 Å². The van der Waals surface area contributed by atoms with Gasteiger partial charge in [0.25, 0.3) is 5.91 Å². The van der Waals surface area contributed by atoms with Crippen molar-refractivity contribution < 1.29 is 9.59 Å². The number of rotatable bonds is 4. The molecule has 2 aromatic carbocycles. The number of nitrogens with zero attached hydrogens (tertiary/aromatic N) is 1. The number of carbonyl (C=O) groups is 2. The normalized spacial score (nSPS) is 14.4. The van der Waals surface area contributed by atoms with Crippen molar-refractivity contribution in [2.24, 2.45) is 5.92 Å². The Bertz CT molecular complexity index is 1030. The highest BCUT2D eigenvalue weighted by Gasteiger charge is 2.23. The highest BCUT2D eigenvalue weighted by molar-refractivity contribution is 7.22. The van der Waals surface area contributed by atoms with Crippen LogP contribution in [0.3, 0.4) is 0 Å². The number of benzene rings is 2. The van der Waals surface area contributed by atoms with Gasteiger partial charge in [-0.05, 0) is 56.0 Å². The van der Waals surface area contributed by atoms with Gasteiger partial charge in [0.15, 0.2) is 5.13 Å². The van der Waals surface area contributed by atoms with E-state index in [4.69, 9.17) is 0 Å². The molecule has 1 saturated carbocycles. The number of fused-ring (bicyclic) bond motifs is 1. The van der Waals surface area contributed by atoms with Crippen LogP contribution in [0.1, 0.15) is 47.2 Å². The zero-order valence-corrected chi connectivity index (χ0v) is 16.9. The highest BCUT2D eigenvalue weighted by Crippen LogP contribution is 2.30. The number of para-hydroxylation sites is 1. The second-order valence-corrected chi connectivity index (χ2v) is 8.42. The Labute approximate surface area is 168 Å². The van der Waals surface area contributed by atoms with E-state index in [1.165, 1.54) is 11.3 Å². The van der Waals surface area contributed by atoms with Crippen molar-refractivity contribution in [3.8, 4) is 0 Å². The molecule has 0 aliphatic heterocycles. The van der Waals surface area contributed by atoms with Gasteiger partial charge in [0, 0.05) is 17.2 Å². The predicted octanol–water partition coefficient (Wildman–Crippen LogP) is 5.29. The molecule has 3 aromatic rings. The van der Waals surface area contributed by atoms with E-state index in [1.807, 2.05) is 44.2 Å². The van der Waals surface area contributed by atoms with Crippen molar-refractivity contribution in [3.05, 3.63) is 53.1 Å². The lowest BCUT2D eigenvalue weighted by Crippen LogP contribution is -2.19. The van der Waals surface area contributed by atoms with Gasteiger partial charge in [-0.25, -0.2) is 4.98 Å². The van der Waals surface area contributed by atoms with Crippen LogP contribution in [0.25, 0.3) is 10.2 Å². The number of hydrogen-bond acceptors (Lipinski definition) is 4. The maximum absolute atomic E-state index is 12.7. The van der Waals surface area contributed by atoms with Crippen LogP contribution in [-0.4, -0.2) is 16.8 Å². The molecular weight excluding hydrogens is 370 g/mol. The maximum atomic E-state index is 12.7. The zero-order chi connectivity index (χ0) is 19.7. The van der Waals surface area contributed by atoms with Gasteiger partial charge in [-0.15, -0.1) is 0 Å². The summed E-state index contributed by atoms with van der Waals surface area (Å²) >= 11 is 1.41. The summed E-state index contributed by atoms with van der Waals surface area (Å²) in [5, 5.41) is 6.55. The van der Waals surface area contributed by atoms with Gasteiger partial charge < -0.3 is 10.6 Å². The van der Waals surface area contributed by atoms with Gasteiger partial charge in [0.1, 0.15) is 0 Å². The predicted molar refractivity (Wildman–Crippen MR) is 114 cm³/mol. The summed E-state index contributed by atoms with van der Waals surface area (Å²) in [4.78, 5) is 29.5. The SMILES string of the molecule is Cc1cccc(C)c1NC(=O)c1ccc2nc(NC(=O)C3CCCC3)sc2c1. The summed E-state index contributed by atoms with van der Waals surface area (Å²) in [6, 6.07) is 11.4. The Kier molecular flexibility index (Phi) is 5.13. The standard InChI is InChI=1S/C22H23N3O2S/c1-13-6-5-7-14(2)19(13)24-21(27)16-10-11-17-18(12-16)28-22(23-17)25-20(26)15-8-3-4-9-15/h5-7,10-12,15H,3-4,8-9H2,1-2H3,(H,24,27)(H,23,25,26). The lowest BCUT2D eigenvalue weighted by molar-refractivity contribution is -0.119. The van der Waals surface area contributed by atoms with Crippen molar-refractivity contribution in [2.75, 3.05) is 10.6 Å². The van der Waals surface area contributed by atoms with E-state index in [2.05, 4.69) is 15.6 Å². The summed E-state index contributed by atoms with van der Waals surface area (Å²) in [5.41, 5.74) is 4.28. The first-order valence-electron chi connectivity index (χ1n) is 9.60. The molecule has 144 valence electrons. The van der Waals surface area contributed by atoms with Crippen LogP contribution >= 0.6 is 11.3 Å². The Balaban J connectivity index is 1.52. The lowest BCUT2D eigenvalue weighted by atomic mass is 10.1. The number of carbonyl (C=O) groups excluding carboxylic acids is 2. The van der Waals surface area contributed by atoms with Gasteiger partial charge in [-0.2, -0.15) is 0 Å². The fourth-order valence-electron chi connectivity index (χ4n) is 3.71. The van der Waals surface area contributed by atoms with E-state index < -0.39 is 0 Å². The van der Waals surface area contributed by atoms with Crippen LogP contribution in [-0.2, 0) is 4.79 Å². The molecule has 1 aromatic heterocycles. The van der Waals surface area contributed by atoms with E-state index in [9.17, 15) is 9.59 Å². The van der Waals surface area contributed by atoms with Gasteiger partial charge in [0.05, 0.1) is 10.2 Å². The van der Waals surface area contributed by atoms with E-state index in [1.54, 1.807) is 6.07 Å². The van der Waals surface area contributed by atoms with Crippen molar-refractivity contribution in [3.63, 3.8) is 0 Å². The third kappa shape index (κ3) is 3.78. The van der Waals surface area contributed by atoms with Crippen LogP contribution in [0.5, 0.6) is 0 Å². The smallest absolute Gasteiger partial charge is 0.255 e. The van der Waals surface area contributed by atoms with Crippen LogP contribution in [0.2, 0.25) is 0 Å². The first-order valence-corrected chi connectivity index (χ1v) is 10.4. The molecule has 4 rings (SSSR count). The van der Waals surface area contributed by atoms with Crippen molar-refractivity contribution in [1.82, 2.24) is 4.98 Å². The summed E-state index contributed by atoms with van der Waals surface area (Å²) in [5.74, 6) is 0.0134. The number of aromatic nitrogens is 1. The first kappa shape index (κ1) is 18.6. The number of aryl methyl sites for hydroxylation is 2. The molecular formula is C22H23N3O2S. The Hall–Kier alpha value is -2.73. The second-order valence-electron chi connectivity index (χ2n) is 7.39. The largest absolute Gasteiger partial charge is 0.322 e. The third-order valence-corrected chi connectivity index (χ3v) is 6.26. The maximum Gasteiger partial charge on any atom is 0.255 e. The second kappa shape index (κ2) is 7.72. The Morgan fingerprint density at radius 1 is 1.04 bits per heavy atom. The number of nitrogens with one attached hydrogen (secondary N) is 2. The Morgan fingerprint density at radius 3 is 2.46 bits per heavy atom. The van der Waals surface area contributed by atoms with Gasteiger partial charge >= 0.3 is 0 Å². The molecule has 28 heavy (non-hydrogen) atoms. The van der Waals surface area contributed by atoms with Gasteiger partial charge in [-0.3, -0.25) is 9.59 Å². The fourth-order valence-corrected chi connectivity index (χ4v) is 4.62. The molecule has 1 aliphatic carbocycles. The minimum absolute atomic E-state index is 0.0598. The lowest BCUT2D eigenvalue weighted by Gasteiger charge is -2.11. The molecule has 0 radical (unpaired) electrons. The number of amides is 2. The number of thiazole rings is 1. The molecule has 0 bridgehead atoms. The van der Waals surface area contributed by atoms with Crippen molar-refractivity contribution in [2.45, 2.75) is 39.5 Å². The molecule has 1 heterocycles. The summed E-state index contributed by atoms with van der Waals surface area (Å²) in [6.07, 6.45) is 4.16. The minimum atomic E-state index is -0.149. The third-order valence-electron chi connectivity index (χ3n) is 5.33. The van der Waals surface area contributed by atoms with Crippen molar-refractivity contribution >= 4 is 44.2 Å². The molecule has 6 heteroatoms. The van der Waals surface area contributed by atoms with Crippen LogP contribution < -0.4 is 10.6 Å². The fraction of sp³-hybridized carbons (Fsp3) is 0.318. The molecule has 1 aliphatic rings. The quantitative estimate of drug-likeness (QED) is 0.632. The topological polar surface area (TPSA) is 71.1 Å². The molecule has 1 fully saturated rings. The van der Waals surface area contributed by atoms with Crippen LogP contribution in [0.15, 0.2) is 36.4 Å². The molecule has 0 spiro atoms. The van der Waals surface area contributed by atoms with E-state index in [-0.39, 0.29) is 17.7 Å². The van der Waals surface area contributed by atoms with E-state index >= 15 is 0 Å². The molecule has 2 amide bonds. The van der Waals surface area contributed by atoms with Crippen molar-refractivity contribution in [1.29, 1.82) is 0 Å².